The van der Waals surface area contributed by atoms with Crippen LogP contribution in [0.1, 0.15) is 41.7 Å². The summed E-state index contributed by atoms with van der Waals surface area (Å²) in [4.78, 5) is 23.5. The van der Waals surface area contributed by atoms with Gasteiger partial charge in [-0.05, 0) is 32.9 Å². The normalized spacial score (nSPS) is 11.3. The van der Waals surface area contributed by atoms with E-state index in [0.717, 1.165) is 4.88 Å². The summed E-state index contributed by atoms with van der Waals surface area (Å²) in [5.41, 5.74) is -0.207. The molecule has 0 radical (unpaired) electrons. The van der Waals surface area contributed by atoms with Crippen LogP contribution in [-0.2, 0) is 11.3 Å². The highest BCUT2D eigenvalue weighted by Crippen LogP contribution is 2.15. The maximum atomic E-state index is 11.5. The summed E-state index contributed by atoms with van der Waals surface area (Å²) in [6.45, 7) is 6.98. The highest BCUT2D eigenvalue weighted by atomic mass is 32.1. The van der Waals surface area contributed by atoms with Crippen LogP contribution < -0.4 is 10.6 Å². The Kier molecular flexibility index (Phi) is 5.50. The van der Waals surface area contributed by atoms with Gasteiger partial charge in [-0.3, -0.25) is 4.79 Å². The van der Waals surface area contributed by atoms with E-state index < -0.39 is 5.97 Å². The predicted octanol–water partition coefficient (Wildman–Crippen LogP) is 1.84. The van der Waals surface area contributed by atoms with Crippen LogP contribution in [-0.4, -0.2) is 29.1 Å². The monoisotopic (exact) mass is 284 g/mol. The number of carbonyl (C=O) groups excluding carboxylic acids is 1. The largest absolute Gasteiger partial charge is 0.477 e. The van der Waals surface area contributed by atoms with Crippen molar-refractivity contribution < 1.29 is 14.7 Å². The first-order valence-electron chi connectivity index (χ1n) is 6.12. The van der Waals surface area contributed by atoms with E-state index in [4.69, 9.17) is 5.11 Å². The van der Waals surface area contributed by atoms with Crippen molar-refractivity contribution in [2.75, 3.05) is 6.54 Å². The van der Waals surface area contributed by atoms with E-state index in [-0.39, 0.29) is 11.4 Å². The molecule has 1 rings (SSSR count). The summed E-state index contributed by atoms with van der Waals surface area (Å²) in [6, 6.07) is 3.38. The lowest BCUT2D eigenvalue weighted by atomic mass is 10.1. The van der Waals surface area contributed by atoms with Crippen molar-refractivity contribution in [2.24, 2.45) is 0 Å². The Balaban J connectivity index is 2.23. The Hall–Kier alpha value is -1.40. The standard InChI is InChI=1S/C13H20N2O3S/c1-13(2,3)15-11(16)6-7-14-8-9-4-5-10(19-9)12(17)18/h4-5,14H,6-8H2,1-3H3,(H,15,16)(H,17,18). The molecule has 0 aromatic carbocycles. The molecule has 5 nitrogen and oxygen atoms in total. The molecule has 6 heteroatoms. The number of hydrogen-bond donors (Lipinski definition) is 3. The van der Waals surface area contributed by atoms with Crippen LogP contribution in [0.25, 0.3) is 0 Å². The van der Waals surface area contributed by atoms with Gasteiger partial charge in [-0.1, -0.05) is 0 Å². The zero-order chi connectivity index (χ0) is 14.5. The lowest BCUT2D eigenvalue weighted by molar-refractivity contribution is -0.122. The molecular weight excluding hydrogens is 264 g/mol. The summed E-state index contributed by atoms with van der Waals surface area (Å²) in [5.74, 6) is -0.891. The number of amides is 1. The van der Waals surface area contributed by atoms with E-state index in [0.29, 0.717) is 24.4 Å². The van der Waals surface area contributed by atoms with Crippen molar-refractivity contribution in [1.29, 1.82) is 0 Å². The topological polar surface area (TPSA) is 78.4 Å². The molecule has 1 amide bonds. The van der Waals surface area contributed by atoms with Crippen molar-refractivity contribution in [3.63, 3.8) is 0 Å². The molecule has 0 saturated heterocycles. The second-order valence-electron chi connectivity index (χ2n) is 5.30. The maximum Gasteiger partial charge on any atom is 0.345 e. The van der Waals surface area contributed by atoms with Crippen LogP contribution in [0.3, 0.4) is 0 Å². The van der Waals surface area contributed by atoms with E-state index in [1.807, 2.05) is 20.8 Å². The van der Waals surface area contributed by atoms with E-state index in [2.05, 4.69) is 10.6 Å². The van der Waals surface area contributed by atoms with Crippen LogP contribution >= 0.6 is 11.3 Å². The number of aromatic carboxylic acids is 1. The smallest absolute Gasteiger partial charge is 0.345 e. The number of nitrogens with one attached hydrogen (secondary N) is 2. The van der Waals surface area contributed by atoms with Gasteiger partial charge in [0, 0.05) is 29.9 Å². The number of hydrogen-bond acceptors (Lipinski definition) is 4. The zero-order valence-electron chi connectivity index (χ0n) is 11.4. The van der Waals surface area contributed by atoms with Gasteiger partial charge in [-0.25, -0.2) is 4.79 Å². The third kappa shape index (κ3) is 6.35. The van der Waals surface area contributed by atoms with Gasteiger partial charge in [0.05, 0.1) is 0 Å². The Bertz CT molecular complexity index is 449. The SMILES string of the molecule is CC(C)(C)NC(=O)CCNCc1ccc(C(=O)O)s1. The molecule has 0 fully saturated rings. The van der Waals surface area contributed by atoms with Gasteiger partial charge < -0.3 is 15.7 Å². The fraction of sp³-hybridized carbons (Fsp3) is 0.538. The van der Waals surface area contributed by atoms with Gasteiger partial charge in [0.15, 0.2) is 0 Å². The molecule has 106 valence electrons. The average molecular weight is 284 g/mol. The van der Waals surface area contributed by atoms with Gasteiger partial charge >= 0.3 is 5.97 Å². The Morgan fingerprint density at radius 3 is 2.53 bits per heavy atom. The van der Waals surface area contributed by atoms with Crippen molar-refractivity contribution >= 4 is 23.2 Å². The second-order valence-corrected chi connectivity index (χ2v) is 6.46. The molecule has 0 aliphatic rings. The lowest BCUT2D eigenvalue weighted by Gasteiger charge is -2.20. The summed E-state index contributed by atoms with van der Waals surface area (Å²) >= 11 is 1.25. The summed E-state index contributed by atoms with van der Waals surface area (Å²) in [6.07, 6.45) is 0.411. The highest BCUT2D eigenvalue weighted by Gasteiger charge is 2.13. The molecule has 0 unspecified atom stereocenters. The van der Waals surface area contributed by atoms with Crippen molar-refractivity contribution in [2.45, 2.75) is 39.3 Å². The van der Waals surface area contributed by atoms with Gasteiger partial charge in [0.25, 0.3) is 0 Å². The zero-order valence-corrected chi connectivity index (χ0v) is 12.3. The second kappa shape index (κ2) is 6.68. The minimum atomic E-state index is -0.902. The maximum absolute atomic E-state index is 11.5. The average Bonchev–Trinajstić information content (AvgIpc) is 2.70. The minimum Gasteiger partial charge on any atom is -0.477 e. The quantitative estimate of drug-likeness (QED) is 0.697. The third-order valence-corrected chi connectivity index (χ3v) is 3.29. The molecule has 1 heterocycles. The molecule has 3 N–H and O–H groups in total. The number of carboxylic acids is 1. The number of carbonyl (C=O) groups is 2. The molecule has 0 spiro atoms. The fourth-order valence-corrected chi connectivity index (χ4v) is 2.30. The molecule has 19 heavy (non-hydrogen) atoms. The third-order valence-electron chi connectivity index (χ3n) is 2.21. The summed E-state index contributed by atoms with van der Waals surface area (Å²) in [5, 5.41) is 14.8. The minimum absolute atomic E-state index is 0.0115. The number of thiophene rings is 1. The lowest BCUT2D eigenvalue weighted by Crippen LogP contribution is -2.41. The predicted molar refractivity (Wildman–Crippen MR) is 75.5 cm³/mol. The van der Waals surface area contributed by atoms with Crippen molar-refractivity contribution in [3.8, 4) is 0 Å². The molecule has 0 atom stereocenters. The Labute approximate surface area is 117 Å². The molecule has 0 aliphatic carbocycles. The summed E-state index contributed by atoms with van der Waals surface area (Å²) < 4.78 is 0. The van der Waals surface area contributed by atoms with E-state index in [1.54, 1.807) is 12.1 Å². The molecule has 1 aromatic rings. The van der Waals surface area contributed by atoms with Gasteiger partial charge in [-0.15, -0.1) is 11.3 Å². The van der Waals surface area contributed by atoms with Gasteiger partial charge in [0.2, 0.25) is 5.91 Å². The van der Waals surface area contributed by atoms with E-state index in [9.17, 15) is 9.59 Å². The molecule has 0 bridgehead atoms. The van der Waals surface area contributed by atoms with Gasteiger partial charge in [0.1, 0.15) is 4.88 Å². The Morgan fingerprint density at radius 2 is 2.00 bits per heavy atom. The number of rotatable bonds is 6. The summed E-state index contributed by atoms with van der Waals surface area (Å²) in [7, 11) is 0. The molecule has 0 aliphatic heterocycles. The van der Waals surface area contributed by atoms with Crippen LogP contribution in [0.15, 0.2) is 12.1 Å². The van der Waals surface area contributed by atoms with Crippen LogP contribution in [0.5, 0.6) is 0 Å². The Morgan fingerprint density at radius 1 is 1.32 bits per heavy atom. The first-order valence-corrected chi connectivity index (χ1v) is 6.93. The molecule has 0 saturated carbocycles. The van der Waals surface area contributed by atoms with Crippen LogP contribution in [0, 0.1) is 0 Å². The van der Waals surface area contributed by atoms with Crippen molar-refractivity contribution in [1.82, 2.24) is 10.6 Å². The van der Waals surface area contributed by atoms with Crippen LogP contribution in [0.4, 0.5) is 0 Å². The first-order chi connectivity index (χ1) is 8.78. The molecular formula is C13H20N2O3S. The highest BCUT2D eigenvalue weighted by molar-refractivity contribution is 7.13. The van der Waals surface area contributed by atoms with E-state index in [1.165, 1.54) is 11.3 Å². The van der Waals surface area contributed by atoms with Crippen LogP contribution in [0.2, 0.25) is 0 Å². The van der Waals surface area contributed by atoms with Crippen molar-refractivity contribution in [3.05, 3.63) is 21.9 Å². The molecule has 1 aromatic heterocycles. The number of carboxylic acid groups (broad SMARTS) is 1. The van der Waals surface area contributed by atoms with Gasteiger partial charge in [-0.2, -0.15) is 0 Å². The fourth-order valence-electron chi connectivity index (χ4n) is 1.48. The first kappa shape index (κ1) is 15.7. The van der Waals surface area contributed by atoms with E-state index >= 15 is 0 Å².